The van der Waals surface area contributed by atoms with Crippen LogP contribution in [0.25, 0.3) is 0 Å². The number of ether oxygens (including phenoxy) is 2. The minimum absolute atomic E-state index is 0.0211. The molecule has 1 saturated heterocycles. The van der Waals surface area contributed by atoms with Gasteiger partial charge in [-0.3, -0.25) is 0 Å². The van der Waals surface area contributed by atoms with Crippen molar-refractivity contribution in [1.29, 1.82) is 0 Å². The van der Waals surface area contributed by atoms with Crippen LogP contribution in [-0.2, 0) is 4.74 Å². The van der Waals surface area contributed by atoms with E-state index >= 15 is 0 Å². The number of rotatable bonds is 4. The molecule has 2 N–H and O–H groups in total. The maximum atomic E-state index is 5.97. The Balaban J connectivity index is 1.99. The fourth-order valence-electron chi connectivity index (χ4n) is 2.13. The van der Waals surface area contributed by atoms with Crippen molar-refractivity contribution in [2.75, 3.05) is 19.8 Å². The summed E-state index contributed by atoms with van der Waals surface area (Å²) in [5, 5.41) is 0. The summed E-state index contributed by atoms with van der Waals surface area (Å²) in [6.45, 7) is 4.44. The Bertz CT molecular complexity index is 389. The fourth-order valence-corrected chi connectivity index (χ4v) is 2.51. The van der Waals surface area contributed by atoms with Crippen LogP contribution in [0, 0.1) is 5.92 Å². The zero-order valence-corrected chi connectivity index (χ0v) is 12.3. The molecule has 1 aliphatic heterocycles. The second kappa shape index (κ2) is 6.55. The van der Waals surface area contributed by atoms with Gasteiger partial charge in [0.1, 0.15) is 5.75 Å². The van der Waals surface area contributed by atoms with Crippen molar-refractivity contribution in [3.05, 3.63) is 28.2 Å². The molecule has 0 spiro atoms. The van der Waals surface area contributed by atoms with Crippen LogP contribution in [0.3, 0.4) is 0 Å². The van der Waals surface area contributed by atoms with Crippen LogP contribution in [0.4, 0.5) is 0 Å². The molecule has 0 radical (unpaired) electrons. The Kier molecular flexibility index (Phi) is 5.03. The van der Waals surface area contributed by atoms with Crippen molar-refractivity contribution in [3.63, 3.8) is 0 Å². The highest BCUT2D eigenvalue weighted by Gasteiger charge is 2.16. The van der Waals surface area contributed by atoms with Crippen molar-refractivity contribution >= 4 is 15.9 Å². The van der Waals surface area contributed by atoms with E-state index < -0.39 is 0 Å². The second-order valence-corrected chi connectivity index (χ2v) is 5.75. The molecule has 1 heterocycles. The van der Waals surface area contributed by atoms with E-state index in [0.29, 0.717) is 5.92 Å². The molecular weight excluding hydrogens is 294 g/mol. The van der Waals surface area contributed by atoms with Crippen LogP contribution in [-0.4, -0.2) is 19.8 Å². The Hall–Kier alpha value is -0.580. The Morgan fingerprint density at radius 2 is 2.17 bits per heavy atom. The molecule has 0 aromatic heterocycles. The molecule has 100 valence electrons. The van der Waals surface area contributed by atoms with Crippen molar-refractivity contribution in [2.24, 2.45) is 11.7 Å². The van der Waals surface area contributed by atoms with Gasteiger partial charge < -0.3 is 15.2 Å². The van der Waals surface area contributed by atoms with Gasteiger partial charge in [-0.05, 0) is 43.9 Å². The molecule has 1 aromatic rings. The Morgan fingerprint density at radius 1 is 1.44 bits per heavy atom. The molecule has 0 unspecified atom stereocenters. The largest absolute Gasteiger partial charge is 0.493 e. The van der Waals surface area contributed by atoms with Gasteiger partial charge in [0.25, 0.3) is 0 Å². The summed E-state index contributed by atoms with van der Waals surface area (Å²) in [7, 11) is 0. The summed E-state index contributed by atoms with van der Waals surface area (Å²) in [5.41, 5.74) is 7.02. The topological polar surface area (TPSA) is 44.5 Å². The quantitative estimate of drug-likeness (QED) is 0.927. The van der Waals surface area contributed by atoms with Gasteiger partial charge in [0.15, 0.2) is 0 Å². The summed E-state index contributed by atoms with van der Waals surface area (Å²) in [4.78, 5) is 0. The van der Waals surface area contributed by atoms with Crippen LogP contribution in [0.15, 0.2) is 22.7 Å². The average molecular weight is 314 g/mol. The third-order valence-corrected chi connectivity index (χ3v) is 3.77. The van der Waals surface area contributed by atoms with E-state index in [-0.39, 0.29) is 6.04 Å². The molecule has 0 bridgehead atoms. The first-order valence-electron chi connectivity index (χ1n) is 6.42. The molecule has 0 amide bonds. The van der Waals surface area contributed by atoms with Crippen molar-refractivity contribution in [2.45, 2.75) is 25.8 Å². The molecule has 0 aliphatic carbocycles. The third kappa shape index (κ3) is 3.70. The highest BCUT2D eigenvalue weighted by Crippen LogP contribution is 2.28. The normalized spacial score (nSPS) is 18.6. The van der Waals surface area contributed by atoms with Crippen LogP contribution < -0.4 is 10.5 Å². The minimum atomic E-state index is -0.0211. The van der Waals surface area contributed by atoms with Gasteiger partial charge in [0.05, 0.1) is 6.61 Å². The molecule has 4 heteroatoms. The number of hydrogen-bond donors (Lipinski definition) is 1. The Labute approximate surface area is 117 Å². The zero-order chi connectivity index (χ0) is 13.0. The minimum Gasteiger partial charge on any atom is -0.493 e. The van der Waals surface area contributed by atoms with Crippen LogP contribution >= 0.6 is 15.9 Å². The van der Waals surface area contributed by atoms with E-state index in [4.69, 9.17) is 15.2 Å². The van der Waals surface area contributed by atoms with Crippen molar-refractivity contribution in [1.82, 2.24) is 0 Å². The van der Waals surface area contributed by atoms with Crippen LogP contribution in [0.5, 0.6) is 5.75 Å². The van der Waals surface area contributed by atoms with E-state index in [2.05, 4.69) is 15.9 Å². The lowest BCUT2D eigenvalue weighted by Crippen LogP contribution is -2.22. The summed E-state index contributed by atoms with van der Waals surface area (Å²) >= 11 is 3.46. The van der Waals surface area contributed by atoms with E-state index in [1.54, 1.807) is 0 Å². The second-order valence-electron chi connectivity index (χ2n) is 4.84. The summed E-state index contributed by atoms with van der Waals surface area (Å²) in [6.07, 6.45) is 2.17. The lowest BCUT2D eigenvalue weighted by Gasteiger charge is -2.23. The predicted octanol–water partition coefficient (Wildman–Crippen LogP) is 3.27. The van der Waals surface area contributed by atoms with Crippen LogP contribution in [0.2, 0.25) is 0 Å². The van der Waals surface area contributed by atoms with Gasteiger partial charge in [-0.15, -0.1) is 0 Å². The molecule has 1 aliphatic rings. The van der Waals surface area contributed by atoms with Crippen molar-refractivity contribution in [3.8, 4) is 5.75 Å². The van der Waals surface area contributed by atoms with E-state index in [1.165, 1.54) is 0 Å². The zero-order valence-electron chi connectivity index (χ0n) is 10.7. The molecule has 18 heavy (non-hydrogen) atoms. The monoisotopic (exact) mass is 313 g/mol. The molecule has 3 nitrogen and oxygen atoms in total. The maximum absolute atomic E-state index is 5.97. The molecule has 2 rings (SSSR count). The van der Waals surface area contributed by atoms with Crippen molar-refractivity contribution < 1.29 is 9.47 Å². The molecule has 1 atom stereocenters. The van der Waals surface area contributed by atoms with E-state index in [0.717, 1.165) is 48.4 Å². The van der Waals surface area contributed by atoms with Gasteiger partial charge >= 0.3 is 0 Å². The smallest absolute Gasteiger partial charge is 0.124 e. The average Bonchev–Trinajstić information content (AvgIpc) is 2.38. The van der Waals surface area contributed by atoms with Gasteiger partial charge in [-0.1, -0.05) is 15.9 Å². The SMILES string of the molecule is C[C@@H](N)c1cc(Br)ccc1OCC1CCOCC1. The first-order chi connectivity index (χ1) is 8.66. The van der Waals surface area contributed by atoms with E-state index in [1.807, 2.05) is 25.1 Å². The highest BCUT2D eigenvalue weighted by molar-refractivity contribution is 9.10. The lowest BCUT2D eigenvalue weighted by molar-refractivity contribution is 0.0495. The van der Waals surface area contributed by atoms with Gasteiger partial charge in [-0.25, -0.2) is 0 Å². The van der Waals surface area contributed by atoms with Gasteiger partial charge in [0.2, 0.25) is 0 Å². The number of halogens is 1. The standard InChI is InChI=1S/C14H20BrNO2/c1-10(16)13-8-12(15)2-3-14(13)18-9-11-4-6-17-7-5-11/h2-3,8,10-11H,4-7,9,16H2,1H3/t10-/m1/s1. The van der Waals surface area contributed by atoms with E-state index in [9.17, 15) is 0 Å². The number of nitrogens with two attached hydrogens (primary N) is 1. The number of benzene rings is 1. The lowest BCUT2D eigenvalue weighted by atomic mass is 10.0. The summed E-state index contributed by atoms with van der Waals surface area (Å²) in [6, 6.07) is 5.99. The number of hydrogen-bond acceptors (Lipinski definition) is 3. The molecule has 1 fully saturated rings. The highest BCUT2D eigenvalue weighted by atomic mass is 79.9. The van der Waals surface area contributed by atoms with Gasteiger partial charge in [0, 0.05) is 29.3 Å². The first-order valence-corrected chi connectivity index (χ1v) is 7.21. The molecular formula is C14H20BrNO2. The third-order valence-electron chi connectivity index (χ3n) is 3.28. The summed E-state index contributed by atoms with van der Waals surface area (Å²) in [5.74, 6) is 1.50. The Morgan fingerprint density at radius 3 is 2.83 bits per heavy atom. The van der Waals surface area contributed by atoms with Crippen LogP contribution in [0.1, 0.15) is 31.4 Å². The maximum Gasteiger partial charge on any atom is 0.124 e. The first kappa shape index (κ1) is 13.8. The molecule has 1 aromatic carbocycles. The predicted molar refractivity (Wildman–Crippen MR) is 75.8 cm³/mol. The molecule has 0 saturated carbocycles. The van der Waals surface area contributed by atoms with Gasteiger partial charge in [-0.2, -0.15) is 0 Å². The summed E-state index contributed by atoms with van der Waals surface area (Å²) < 4.78 is 12.3. The fraction of sp³-hybridized carbons (Fsp3) is 0.571.